The van der Waals surface area contributed by atoms with Crippen LogP contribution in [0.2, 0.25) is 0 Å². The number of amides is 2. The highest BCUT2D eigenvalue weighted by molar-refractivity contribution is 6.32. The molecular formula is C10H18ClN3O4. The Bertz CT molecular complexity index is 311. The topological polar surface area (TPSA) is 111 Å². The van der Waals surface area contributed by atoms with Gasteiger partial charge in [-0.3, -0.25) is 14.4 Å². The number of alkyl halides is 1. The zero-order chi connectivity index (χ0) is 14.1. The predicted octanol–water partition coefficient (Wildman–Crippen LogP) is -1.26. The minimum absolute atomic E-state index is 0.328. The van der Waals surface area contributed by atoms with Crippen molar-refractivity contribution in [1.82, 2.24) is 10.6 Å². The number of esters is 1. The Kier molecular flexibility index (Phi) is 8.06. The van der Waals surface area contributed by atoms with Crippen molar-refractivity contribution in [2.45, 2.75) is 25.3 Å². The lowest BCUT2D eigenvalue weighted by Gasteiger charge is -2.20. The van der Waals surface area contributed by atoms with Gasteiger partial charge in [-0.1, -0.05) is 0 Å². The summed E-state index contributed by atoms with van der Waals surface area (Å²) in [6.07, 6.45) is -1.39. The van der Waals surface area contributed by atoms with Crippen LogP contribution in [0, 0.1) is 0 Å². The van der Waals surface area contributed by atoms with E-state index in [0.717, 1.165) is 0 Å². The number of nitrogens with one attached hydrogen (secondary N) is 2. The molecule has 0 aliphatic carbocycles. The summed E-state index contributed by atoms with van der Waals surface area (Å²) in [4.78, 5) is 34.3. The van der Waals surface area contributed by atoms with Crippen molar-refractivity contribution < 1.29 is 19.1 Å². The molecule has 0 spiro atoms. The second kappa shape index (κ2) is 8.71. The van der Waals surface area contributed by atoms with Crippen LogP contribution in [0.4, 0.5) is 0 Å². The van der Waals surface area contributed by atoms with Gasteiger partial charge in [-0.25, -0.2) is 0 Å². The van der Waals surface area contributed by atoms with Gasteiger partial charge in [0.15, 0.2) is 5.38 Å². The summed E-state index contributed by atoms with van der Waals surface area (Å²) in [5.74, 6) is -2.02. The fourth-order valence-electron chi connectivity index (χ4n) is 1.12. The number of rotatable bonds is 7. The Balaban J connectivity index is 4.78. The van der Waals surface area contributed by atoms with Gasteiger partial charge in [0, 0.05) is 13.1 Å². The predicted molar refractivity (Wildman–Crippen MR) is 65.9 cm³/mol. The van der Waals surface area contributed by atoms with Crippen molar-refractivity contribution >= 4 is 29.4 Å². The highest BCUT2D eigenvalue weighted by atomic mass is 35.5. The van der Waals surface area contributed by atoms with E-state index in [0.29, 0.717) is 13.1 Å². The second-order valence-corrected chi connectivity index (χ2v) is 3.78. The molecule has 2 unspecified atom stereocenters. The first kappa shape index (κ1) is 16.7. The molecule has 0 aliphatic heterocycles. The van der Waals surface area contributed by atoms with Crippen molar-refractivity contribution in [1.29, 1.82) is 0 Å². The number of hydrogen-bond acceptors (Lipinski definition) is 5. The Morgan fingerprint density at radius 2 is 1.67 bits per heavy atom. The molecule has 0 aromatic rings. The molecule has 0 aliphatic rings. The van der Waals surface area contributed by atoms with Crippen molar-refractivity contribution in [3.8, 4) is 0 Å². The maximum atomic E-state index is 11.7. The first-order valence-electron chi connectivity index (χ1n) is 5.56. The number of nitrogens with two attached hydrogens (primary N) is 1. The maximum absolute atomic E-state index is 11.7. The Morgan fingerprint density at radius 3 is 2.11 bits per heavy atom. The molecule has 0 aromatic heterocycles. The zero-order valence-corrected chi connectivity index (χ0v) is 11.1. The van der Waals surface area contributed by atoms with Crippen LogP contribution in [0.15, 0.2) is 0 Å². The van der Waals surface area contributed by atoms with E-state index in [1.807, 2.05) is 0 Å². The van der Waals surface area contributed by atoms with E-state index in [1.165, 1.54) is 0 Å². The van der Waals surface area contributed by atoms with Crippen LogP contribution in [0.5, 0.6) is 0 Å². The van der Waals surface area contributed by atoms with Gasteiger partial charge in [0.2, 0.25) is 12.0 Å². The normalized spacial score (nSPS) is 13.3. The number of carbonyl (C=O) groups excluding carboxylic acids is 3. The summed E-state index contributed by atoms with van der Waals surface area (Å²) in [5, 5.41) is 3.57. The van der Waals surface area contributed by atoms with Gasteiger partial charge in [-0.05, 0) is 13.8 Å². The van der Waals surface area contributed by atoms with Crippen LogP contribution in [-0.2, 0) is 19.1 Å². The summed E-state index contributed by atoms with van der Waals surface area (Å²) in [6.45, 7) is 3.68. The SMILES string of the molecule is CCNC(=O)C(Cl)C(OC(=O)CN)C(=O)NCC. The molecule has 8 heteroatoms. The molecule has 104 valence electrons. The molecule has 0 aromatic carbocycles. The monoisotopic (exact) mass is 279 g/mol. The summed E-state index contributed by atoms with van der Waals surface area (Å²) >= 11 is 5.82. The van der Waals surface area contributed by atoms with Crippen LogP contribution in [0.25, 0.3) is 0 Å². The molecule has 0 fully saturated rings. The lowest BCUT2D eigenvalue weighted by atomic mass is 10.2. The average Bonchev–Trinajstić information content (AvgIpc) is 2.35. The third-order valence-corrected chi connectivity index (χ3v) is 2.33. The Labute approximate surface area is 110 Å². The molecule has 4 N–H and O–H groups in total. The first-order chi connectivity index (χ1) is 8.47. The van der Waals surface area contributed by atoms with E-state index >= 15 is 0 Å². The van der Waals surface area contributed by atoms with Gasteiger partial charge in [-0.15, -0.1) is 11.6 Å². The molecule has 0 bridgehead atoms. The van der Waals surface area contributed by atoms with Gasteiger partial charge in [0.25, 0.3) is 5.91 Å². The van der Waals surface area contributed by atoms with E-state index in [4.69, 9.17) is 22.1 Å². The first-order valence-corrected chi connectivity index (χ1v) is 6.00. The van der Waals surface area contributed by atoms with Crippen LogP contribution in [0.3, 0.4) is 0 Å². The van der Waals surface area contributed by atoms with Crippen LogP contribution >= 0.6 is 11.6 Å². The summed E-state index contributed by atoms with van der Waals surface area (Å²) in [6, 6.07) is 0. The van der Waals surface area contributed by atoms with Crippen molar-refractivity contribution in [3.05, 3.63) is 0 Å². The standard InChI is InChI=1S/C10H18ClN3O4/c1-3-13-9(16)7(11)8(10(17)14-4-2)18-6(15)5-12/h7-8H,3-5,12H2,1-2H3,(H,13,16)(H,14,17). The fourth-order valence-corrected chi connectivity index (χ4v) is 1.36. The molecule has 0 radical (unpaired) electrons. The Hall–Kier alpha value is -1.34. The highest BCUT2D eigenvalue weighted by Gasteiger charge is 2.34. The van der Waals surface area contributed by atoms with E-state index in [1.54, 1.807) is 13.8 Å². The fraction of sp³-hybridized carbons (Fsp3) is 0.700. The van der Waals surface area contributed by atoms with Gasteiger partial charge in [-0.2, -0.15) is 0 Å². The van der Waals surface area contributed by atoms with Gasteiger partial charge < -0.3 is 21.1 Å². The second-order valence-electron chi connectivity index (χ2n) is 3.31. The van der Waals surface area contributed by atoms with Crippen LogP contribution in [0.1, 0.15) is 13.8 Å². The highest BCUT2D eigenvalue weighted by Crippen LogP contribution is 2.09. The number of hydrogen-bond donors (Lipinski definition) is 3. The molecular weight excluding hydrogens is 262 g/mol. The van der Waals surface area contributed by atoms with Gasteiger partial charge in [0.05, 0.1) is 6.54 Å². The molecule has 2 amide bonds. The minimum Gasteiger partial charge on any atom is -0.449 e. The van der Waals surface area contributed by atoms with E-state index < -0.39 is 35.8 Å². The number of carbonyl (C=O) groups is 3. The van der Waals surface area contributed by atoms with E-state index in [2.05, 4.69) is 10.6 Å². The number of ether oxygens (including phenoxy) is 1. The van der Waals surface area contributed by atoms with Gasteiger partial charge >= 0.3 is 5.97 Å². The summed E-state index contributed by atoms with van der Waals surface area (Å²) in [5.41, 5.74) is 5.08. The van der Waals surface area contributed by atoms with E-state index in [-0.39, 0.29) is 0 Å². The lowest BCUT2D eigenvalue weighted by Crippen LogP contribution is -2.49. The molecule has 7 nitrogen and oxygen atoms in total. The maximum Gasteiger partial charge on any atom is 0.320 e. The van der Waals surface area contributed by atoms with Crippen molar-refractivity contribution in [3.63, 3.8) is 0 Å². The number of halogens is 1. The molecule has 18 heavy (non-hydrogen) atoms. The smallest absolute Gasteiger partial charge is 0.320 e. The summed E-state index contributed by atoms with van der Waals surface area (Å²) in [7, 11) is 0. The number of likely N-dealkylation sites (N-methyl/N-ethyl adjacent to an activating group) is 1. The quantitative estimate of drug-likeness (QED) is 0.398. The average molecular weight is 280 g/mol. The third kappa shape index (κ3) is 5.33. The van der Waals surface area contributed by atoms with Gasteiger partial charge in [0.1, 0.15) is 0 Å². The minimum atomic E-state index is -1.39. The molecule has 0 heterocycles. The Morgan fingerprint density at radius 1 is 1.17 bits per heavy atom. The zero-order valence-electron chi connectivity index (χ0n) is 10.4. The molecule has 2 atom stereocenters. The van der Waals surface area contributed by atoms with Crippen LogP contribution < -0.4 is 16.4 Å². The van der Waals surface area contributed by atoms with Crippen molar-refractivity contribution in [2.75, 3.05) is 19.6 Å². The third-order valence-electron chi connectivity index (χ3n) is 1.90. The molecule has 0 rings (SSSR count). The molecule has 0 saturated carbocycles. The van der Waals surface area contributed by atoms with Crippen molar-refractivity contribution in [2.24, 2.45) is 5.73 Å². The van der Waals surface area contributed by atoms with Crippen LogP contribution in [-0.4, -0.2) is 48.9 Å². The van der Waals surface area contributed by atoms with E-state index in [9.17, 15) is 14.4 Å². The molecule has 0 saturated heterocycles. The lowest BCUT2D eigenvalue weighted by molar-refractivity contribution is -0.155. The largest absolute Gasteiger partial charge is 0.449 e. The summed E-state index contributed by atoms with van der Waals surface area (Å²) < 4.78 is 4.77.